The molecule has 0 saturated heterocycles. The van der Waals surface area contributed by atoms with E-state index in [2.05, 4.69) is 10.2 Å². The Balaban J connectivity index is 1.49. The summed E-state index contributed by atoms with van der Waals surface area (Å²) in [5, 5.41) is 9.87. The van der Waals surface area contributed by atoms with Gasteiger partial charge in [-0.3, -0.25) is 4.79 Å². The molecule has 2 heterocycles. The molecule has 3 aromatic rings. The second kappa shape index (κ2) is 8.14. The molecule has 1 aromatic carbocycles. The first-order valence-corrected chi connectivity index (χ1v) is 9.17. The van der Waals surface area contributed by atoms with Crippen molar-refractivity contribution in [3.05, 3.63) is 52.7 Å². The number of nitrogens with zero attached hydrogens (tertiary/aromatic N) is 2. The number of hydrogen-bond donors (Lipinski definition) is 0. The number of ether oxygens (including phenoxy) is 2. The van der Waals surface area contributed by atoms with Crippen molar-refractivity contribution >= 4 is 17.3 Å². The van der Waals surface area contributed by atoms with Crippen molar-refractivity contribution in [2.45, 2.75) is 33.3 Å². The third kappa shape index (κ3) is 4.49. The SMILES string of the molecule is Cc1ccc(C)c(OCCC(=O)OC(C)c2nnc(-c3cccs3)o2)c1. The van der Waals surface area contributed by atoms with Crippen molar-refractivity contribution in [3.63, 3.8) is 0 Å². The smallest absolute Gasteiger partial charge is 0.310 e. The third-order valence-electron chi connectivity index (χ3n) is 3.74. The molecule has 0 aliphatic heterocycles. The molecule has 0 amide bonds. The van der Waals surface area contributed by atoms with Crippen LogP contribution in [0.2, 0.25) is 0 Å². The maximum absolute atomic E-state index is 12.0. The fourth-order valence-corrected chi connectivity index (χ4v) is 2.96. The van der Waals surface area contributed by atoms with Crippen molar-refractivity contribution < 1.29 is 18.7 Å². The Labute approximate surface area is 155 Å². The lowest BCUT2D eigenvalue weighted by Crippen LogP contribution is -2.13. The normalized spacial score (nSPS) is 12.0. The van der Waals surface area contributed by atoms with Crippen LogP contribution in [0.4, 0.5) is 0 Å². The second-order valence-electron chi connectivity index (χ2n) is 5.92. The van der Waals surface area contributed by atoms with E-state index >= 15 is 0 Å². The highest BCUT2D eigenvalue weighted by Crippen LogP contribution is 2.26. The molecule has 0 radical (unpaired) electrons. The van der Waals surface area contributed by atoms with Crippen molar-refractivity contribution in [2.24, 2.45) is 0 Å². The van der Waals surface area contributed by atoms with Crippen LogP contribution in [0.1, 0.15) is 36.5 Å². The van der Waals surface area contributed by atoms with Crippen molar-refractivity contribution in [3.8, 4) is 16.5 Å². The zero-order chi connectivity index (χ0) is 18.5. The van der Waals surface area contributed by atoms with Gasteiger partial charge in [0.1, 0.15) is 5.75 Å². The zero-order valence-corrected chi connectivity index (χ0v) is 15.7. The van der Waals surface area contributed by atoms with E-state index in [9.17, 15) is 4.79 Å². The molecule has 26 heavy (non-hydrogen) atoms. The highest BCUT2D eigenvalue weighted by molar-refractivity contribution is 7.13. The summed E-state index contributed by atoms with van der Waals surface area (Å²) in [6.45, 7) is 5.92. The molecule has 1 unspecified atom stereocenters. The lowest BCUT2D eigenvalue weighted by molar-refractivity contribution is -0.150. The minimum absolute atomic E-state index is 0.143. The average molecular weight is 372 g/mol. The van der Waals surface area contributed by atoms with E-state index in [4.69, 9.17) is 13.9 Å². The molecule has 7 heteroatoms. The fraction of sp³-hybridized carbons (Fsp3) is 0.316. The molecular formula is C19H20N2O4S. The van der Waals surface area contributed by atoms with Gasteiger partial charge in [-0.05, 0) is 49.4 Å². The molecule has 1 atom stereocenters. The van der Waals surface area contributed by atoms with Crippen LogP contribution in [0, 0.1) is 13.8 Å². The Morgan fingerprint density at radius 2 is 2.12 bits per heavy atom. The standard InChI is InChI=1S/C19H20N2O4S/c1-12-6-7-13(2)15(11-12)23-9-8-17(22)24-14(3)18-20-21-19(25-18)16-5-4-10-26-16/h4-7,10-11,14H,8-9H2,1-3H3. The lowest BCUT2D eigenvalue weighted by atomic mass is 10.1. The summed E-state index contributed by atoms with van der Waals surface area (Å²) in [4.78, 5) is 12.9. The zero-order valence-electron chi connectivity index (χ0n) is 14.9. The quantitative estimate of drug-likeness (QED) is 0.569. The Morgan fingerprint density at radius 1 is 1.27 bits per heavy atom. The summed E-state index contributed by atoms with van der Waals surface area (Å²) in [7, 11) is 0. The predicted octanol–water partition coefficient (Wildman–Crippen LogP) is 4.49. The monoisotopic (exact) mass is 372 g/mol. The Hall–Kier alpha value is -2.67. The number of esters is 1. The van der Waals surface area contributed by atoms with Crippen LogP contribution < -0.4 is 4.74 Å². The average Bonchev–Trinajstić information content (AvgIpc) is 3.28. The van der Waals surface area contributed by atoms with Gasteiger partial charge in [-0.2, -0.15) is 0 Å². The molecule has 136 valence electrons. The topological polar surface area (TPSA) is 74.5 Å². The molecule has 2 aromatic heterocycles. The number of rotatable bonds is 7. The number of carbonyl (C=O) groups is 1. The van der Waals surface area contributed by atoms with Gasteiger partial charge in [-0.1, -0.05) is 18.2 Å². The van der Waals surface area contributed by atoms with Gasteiger partial charge in [0.25, 0.3) is 11.8 Å². The van der Waals surface area contributed by atoms with Crippen molar-refractivity contribution in [2.75, 3.05) is 6.61 Å². The maximum atomic E-state index is 12.0. The molecule has 0 bridgehead atoms. The fourth-order valence-electron chi connectivity index (χ4n) is 2.31. The Kier molecular flexibility index (Phi) is 5.68. The van der Waals surface area contributed by atoms with E-state index in [1.165, 1.54) is 11.3 Å². The number of carbonyl (C=O) groups excluding carboxylic acids is 1. The highest BCUT2D eigenvalue weighted by atomic mass is 32.1. The maximum Gasteiger partial charge on any atom is 0.310 e. The van der Waals surface area contributed by atoms with E-state index < -0.39 is 6.10 Å². The lowest BCUT2D eigenvalue weighted by Gasteiger charge is -2.11. The number of thiophene rings is 1. The molecular weight excluding hydrogens is 352 g/mol. The molecule has 3 rings (SSSR count). The van der Waals surface area contributed by atoms with Crippen LogP contribution in [-0.2, 0) is 9.53 Å². The summed E-state index contributed by atoms with van der Waals surface area (Å²) in [5.41, 5.74) is 2.14. The summed E-state index contributed by atoms with van der Waals surface area (Å²) < 4.78 is 16.6. The first kappa shape index (κ1) is 18.1. The van der Waals surface area contributed by atoms with E-state index in [0.29, 0.717) is 5.89 Å². The molecule has 0 saturated carbocycles. The summed E-state index contributed by atoms with van der Waals surface area (Å²) in [6.07, 6.45) is -0.465. The number of hydrogen-bond acceptors (Lipinski definition) is 7. The van der Waals surface area contributed by atoms with E-state index in [-0.39, 0.29) is 24.9 Å². The van der Waals surface area contributed by atoms with Crippen LogP contribution in [0.25, 0.3) is 10.8 Å². The molecule has 6 nitrogen and oxygen atoms in total. The summed E-state index contributed by atoms with van der Waals surface area (Å²) >= 11 is 1.51. The van der Waals surface area contributed by atoms with Gasteiger partial charge in [0, 0.05) is 0 Å². The third-order valence-corrected chi connectivity index (χ3v) is 4.59. The van der Waals surface area contributed by atoms with Gasteiger partial charge in [0.2, 0.25) is 0 Å². The van der Waals surface area contributed by atoms with Gasteiger partial charge in [-0.25, -0.2) is 0 Å². The second-order valence-corrected chi connectivity index (χ2v) is 6.87. The molecule has 0 spiro atoms. The van der Waals surface area contributed by atoms with E-state index in [1.807, 2.05) is 49.6 Å². The Bertz CT molecular complexity index is 874. The van der Waals surface area contributed by atoms with Crippen LogP contribution in [0.3, 0.4) is 0 Å². The summed E-state index contributed by atoms with van der Waals surface area (Å²) in [6, 6.07) is 9.76. The Morgan fingerprint density at radius 3 is 2.88 bits per heavy atom. The summed E-state index contributed by atoms with van der Waals surface area (Å²) in [5.74, 6) is 1.11. The minimum Gasteiger partial charge on any atom is -0.493 e. The van der Waals surface area contributed by atoms with Crippen molar-refractivity contribution in [1.82, 2.24) is 10.2 Å². The number of aryl methyl sites for hydroxylation is 2. The number of aromatic nitrogens is 2. The van der Waals surface area contributed by atoms with Gasteiger partial charge in [0.05, 0.1) is 17.9 Å². The van der Waals surface area contributed by atoms with Crippen LogP contribution in [0.15, 0.2) is 40.1 Å². The van der Waals surface area contributed by atoms with Gasteiger partial charge < -0.3 is 13.9 Å². The van der Waals surface area contributed by atoms with Gasteiger partial charge in [-0.15, -0.1) is 21.5 Å². The van der Waals surface area contributed by atoms with Crippen LogP contribution in [-0.4, -0.2) is 22.8 Å². The van der Waals surface area contributed by atoms with Gasteiger partial charge in [0.15, 0.2) is 6.10 Å². The largest absolute Gasteiger partial charge is 0.493 e. The van der Waals surface area contributed by atoms with Crippen molar-refractivity contribution in [1.29, 1.82) is 0 Å². The van der Waals surface area contributed by atoms with E-state index in [1.54, 1.807) is 6.92 Å². The van der Waals surface area contributed by atoms with Crippen LogP contribution >= 0.6 is 11.3 Å². The number of benzene rings is 1. The highest BCUT2D eigenvalue weighted by Gasteiger charge is 2.19. The minimum atomic E-state index is -0.607. The molecule has 0 fully saturated rings. The van der Waals surface area contributed by atoms with E-state index in [0.717, 1.165) is 21.8 Å². The molecule has 0 aliphatic rings. The van der Waals surface area contributed by atoms with Gasteiger partial charge >= 0.3 is 5.97 Å². The first-order valence-electron chi connectivity index (χ1n) is 8.29. The predicted molar refractivity (Wildman–Crippen MR) is 98.1 cm³/mol. The van der Waals surface area contributed by atoms with Crippen LogP contribution in [0.5, 0.6) is 5.75 Å². The first-order chi connectivity index (χ1) is 12.5. The molecule has 0 N–H and O–H groups in total. The molecule has 0 aliphatic carbocycles.